The number of thiophene rings is 1. The van der Waals surface area contributed by atoms with Gasteiger partial charge in [-0.25, -0.2) is 9.78 Å². The van der Waals surface area contributed by atoms with E-state index in [-0.39, 0.29) is 26.1 Å². The monoisotopic (exact) mass is 377 g/mol. The molecule has 0 amide bonds. The Hall–Kier alpha value is -2.94. The highest BCUT2D eigenvalue weighted by atomic mass is 32.1. The number of pyridine rings is 1. The summed E-state index contributed by atoms with van der Waals surface area (Å²) in [5.41, 5.74) is -1.04. The van der Waals surface area contributed by atoms with E-state index >= 15 is 0 Å². The number of halogens is 3. The minimum absolute atomic E-state index is 0.00124. The fraction of sp³-hybridized carbons (Fsp3) is 0.118. The van der Waals surface area contributed by atoms with Crippen LogP contribution in [-0.4, -0.2) is 15.0 Å². The van der Waals surface area contributed by atoms with E-state index in [0.717, 1.165) is 23.0 Å². The van der Waals surface area contributed by atoms with E-state index < -0.39 is 23.0 Å². The second-order valence-electron chi connectivity index (χ2n) is 5.81. The molecule has 0 aliphatic carbocycles. The number of aryl methyl sites for hydroxylation is 1. The van der Waals surface area contributed by atoms with E-state index in [1.165, 1.54) is 0 Å². The molecule has 4 rings (SSSR count). The zero-order valence-electron chi connectivity index (χ0n) is 13.2. The van der Waals surface area contributed by atoms with Crippen LogP contribution in [0.15, 0.2) is 39.9 Å². The Labute approximate surface area is 147 Å². The van der Waals surface area contributed by atoms with Crippen LogP contribution in [0.25, 0.3) is 31.7 Å². The van der Waals surface area contributed by atoms with Crippen molar-refractivity contribution >= 4 is 31.8 Å². The number of aromatic amines is 2. The first-order valence-corrected chi connectivity index (χ1v) is 8.30. The van der Waals surface area contributed by atoms with Gasteiger partial charge in [-0.05, 0) is 13.0 Å². The Morgan fingerprint density at radius 3 is 2.42 bits per heavy atom. The van der Waals surface area contributed by atoms with Crippen LogP contribution in [0.5, 0.6) is 0 Å². The van der Waals surface area contributed by atoms with Crippen molar-refractivity contribution in [3.05, 3.63) is 62.3 Å². The number of H-pyrrole nitrogens is 2. The van der Waals surface area contributed by atoms with Gasteiger partial charge in [-0.2, -0.15) is 13.2 Å². The molecule has 0 bridgehead atoms. The Balaban J connectivity index is 2.15. The van der Waals surface area contributed by atoms with Gasteiger partial charge in [0, 0.05) is 10.9 Å². The highest BCUT2D eigenvalue weighted by Crippen LogP contribution is 2.41. The molecule has 26 heavy (non-hydrogen) atoms. The molecular formula is C17H10F3N3O2S. The number of nitrogens with one attached hydrogen (secondary N) is 2. The van der Waals surface area contributed by atoms with Gasteiger partial charge in [0.05, 0.1) is 16.8 Å². The van der Waals surface area contributed by atoms with Crippen LogP contribution < -0.4 is 11.2 Å². The first-order valence-electron chi connectivity index (χ1n) is 7.48. The normalized spacial score (nSPS) is 12.2. The highest BCUT2D eigenvalue weighted by Gasteiger charge is 2.35. The molecule has 2 N–H and O–H groups in total. The third kappa shape index (κ3) is 2.60. The van der Waals surface area contributed by atoms with Gasteiger partial charge >= 0.3 is 11.9 Å². The van der Waals surface area contributed by atoms with Crippen LogP contribution in [0.1, 0.15) is 11.1 Å². The van der Waals surface area contributed by atoms with Gasteiger partial charge < -0.3 is 4.98 Å². The average Bonchev–Trinajstić information content (AvgIpc) is 2.92. The molecule has 3 aromatic heterocycles. The van der Waals surface area contributed by atoms with Crippen molar-refractivity contribution in [3.63, 3.8) is 0 Å². The smallest absolute Gasteiger partial charge is 0.305 e. The third-order valence-corrected chi connectivity index (χ3v) is 5.07. The summed E-state index contributed by atoms with van der Waals surface area (Å²) in [5.74, 6) is 0. The Bertz CT molecular complexity index is 1270. The van der Waals surface area contributed by atoms with Crippen LogP contribution >= 0.6 is 11.3 Å². The second-order valence-corrected chi connectivity index (χ2v) is 6.81. The summed E-state index contributed by atoms with van der Waals surface area (Å²) >= 11 is 0.814. The van der Waals surface area contributed by atoms with Gasteiger partial charge in [0.15, 0.2) is 0 Å². The minimum atomic E-state index is -4.67. The van der Waals surface area contributed by atoms with E-state index in [1.807, 2.05) is 11.9 Å². The van der Waals surface area contributed by atoms with E-state index in [1.54, 1.807) is 24.3 Å². The molecule has 0 atom stereocenters. The summed E-state index contributed by atoms with van der Waals surface area (Å²) in [6.07, 6.45) is -4.67. The fourth-order valence-electron chi connectivity index (χ4n) is 2.78. The summed E-state index contributed by atoms with van der Waals surface area (Å²) in [5, 5.41) is -0.267. The third-order valence-electron chi connectivity index (χ3n) is 3.99. The van der Waals surface area contributed by atoms with Crippen LogP contribution in [0, 0.1) is 6.92 Å². The van der Waals surface area contributed by atoms with Gasteiger partial charge in [0.2, 0.25) is 0 Å². The SMILES string of the molecule is Cc1ccc(-c2cc(C(F)(F)F)c3c(n2)sc2c(=O)[nH]c(=O)[nH]c23)cc1. The number of benzene rings is 1. The predicted molar refractivity (Wildman–Crippen MR) is 93.5 cm³/mol. The minimum Gasteiger partial charge on any atom is -0.305 e. The standard InChI is InChI=1S/C17H10F3N3O2S/c1-7-2-4-8(5-3-7)10-6-9(17(18,19)20)11-12-13(26-15(11)21-10)14(24)23-16(25)22-12/h2-6H,1H3,(H2,22,23,24,25). The number of alkyl halides is 3. The lowest BCUT2D eigenvalue weighted by Gasteiger charge is -2.11. The summed E-state index contributed by atoms with van der Waals surface area (Å²) in [6.45, 7) is 1.87. The maximum atomic E-state index is 13.7. The molecule has 0 saturated carbocycles. The quantitative estimate of drug-likeness (QED) is 0.529. The van der Waals surface area contributed by atoms with E-state index in [2.05, 4.69) is 9.97 Å². The zero-order chi connectivity index (χ0) is 18.6. The lowest BCUT2D eigenvalue weighted by molar-refractivity contribution is -0.136. The average molecular weight is 377 g/mol. The molecule has 0 spiro atoms. The molecule has 5 nitrogen and oxygen atoms in total. The molecule has 0 aliphatic heterocycles. The van der Waals surface area contributed by atoms with Crippen molar-refractivity contribution in [2.45, 2.75) is 13.1 Å². The largest absolute Gasteiger partial charge is 0.417 e. The second kappa shape index (κ2) is 5.53. The molecule has 0 aliphatic rings. The van der Waals surface area contributed by atoms with Crippen molar-refractivity contribution < 1.29 is 13.2 Å². The zero-order valence-corrected chi connectivity index (χ0v) is 14.0. The maximum Gasteiger partial charge on any atom is 0.417 e. The number of fused-ring (bicyclic) bond motifs is 3. The summed E-state index contributed by atoms with van der Waals surface area (Å²) < 4.78 is 41.0. The maximum absolute atomic E-state index is 13.7. The van der Waals surface area contributed by atoms with E-state index in [4.69, 9.17) is 0 Å². The number of hydrogen-bond donors (Lipinski definition) is 2. The van der Waals surface area contributed by atoms with Crippen LogP contribution in [0.3, 0.4) is 0 Å². The molecule has 0 saturated heterocycles. The molecule has 4 aromatic rings. The molecule has 132 valence electrons. The molecule has 9 heteroatoms. The Morgan fingerprint density at radius 2 is 1.77 bits per heavy atom. The number of aromatic nitrogens is 3. The van der Waals surface area contributed by atoms with Gasteiger partial charge in [0.1, 0.15) is 9.53 Å². The van der Waals surface area contributed by atoms with Crippen LogP contribution in [-0.2, 0) is 6.18 Å². The Kier molecular flexibility index (Phi) is 3.52. The van der Waals surface area contributed by atoms with Crippen molar-refractivity contribution in [1.29, 1.82) is 0 Å². The van der Waals surface area contributed by atoms with Gasteiger partial charge in [-0.3, -0.25) is 9.78 Å². The molecule has 3 heterocycles. The molecular weight excluding hydrogens is 367 g/mol. The van der Waals surface area contributed by atoms with Crippen molar-refractivity contribution in [2.24, 2.45) is 0 Å². The fourth-order valence-corrected chi connectivity index (χ4v) is 3.83. The Morgan fingerprint density at radius 1 is 1.08 bits per heavy atom. The summed E-state index contributed by atoms with van der Waals surface area (Å²) in [6, 6.07) is 7.87. The van der Waals surface area contributed by atoms with Crippen LogP contribution in [0.2, 0.25) is 0 Å². The molecule has 1 aromatic carbocycles. The van der Waals surface area contributed by atoms with Gasteiger partial charge in [0.25, 0.3) is 5.56 Å². The number of rotatable bonds is 1. The molecule has 0 unspecified atom stereocenters. The van der Waals surface area contributed by atoms with Gasteiger partial charge in [-0.1, -0.05) is 29.8 Å². The van der Waals surface area contributed by atoms with E-state index in [9.17, 15) is 22.8 Å². The van der Waals surface area contributed by atoms with E-state index in [0.29, 0.717) is 5.56 Å². The number of hydrogen-bond acceptors (Lipinski definition) is 4. The lowest BCUT2D eigenvalue weighted by atomic mass is 10.0. The van der Waals surface area contributed by atoms with Crippen molar-refractivity contribution in [2.75, 3.05) is 0 Å². The van der Waals surface area contributed by atoms with Gasteiger partial charge in [-0.15, -0.1) is 11.3 Å². The lowest BCUT2D eigenvalue weighted by Crippen LogP contribution is -2.20. The topological polar surface area (TPSA) is 78.6 Å². The van der Waals surface area contributed by atoms with Crippen molar-refractivity contribution in [1.82, 2.24) is 15.0 Å². The highest BCUT2D eigenvalue weighted by molar-refractivity contribution is 7.25. The van der Waals surface area contributed by atoms with Crippen molar-refractivity contribution in [3.8, 4) is 11.3 Å². The number of nitrogens with zero attached hydrogens (tertiary/aromatic N) is 1. The molecule has 0 fully saturated rings. The first kappa shape index (κ1) is 16.5. The molecule has 0 radical (unpaired) electrons. The first-order chi connectivity index (χ1) is 12.2. The summed E-state index contributed by atoms with van der Waals surface area (Å²) in [4.78, 5) is 32.1. The predicted octanol–water partition coefficient (Wildman–Crippen LogP) is 3.82. The summed E-state index contributed by atoms with van der Waals surface area (Å²) in [7, 11) is 0. The van der Waals surface area contributed by atoms with Crippen LogP contribution in [0.4, 0.5) is 13.2 Å².